The van der Waals surface area contributed by atoms with E-state index in [9.17, 15) is 9.90 Å². The van der Waals surface area contributed by atoms with E-state index in [0.717, 1.165) is 16.6 Å². The van der Waals surface area contributed by atoms with E-state index in [2.05, 4.69) is 5.32 Å². The molecule has 0 spiro atoms. The Balaban J connectivity index is 0.00000208. The van der Waals surface area contributed by atoms with Crippen LogP contribution in [0.15, 0.2) is 59.4 Å². The number of rotatable bonds is 5. The topological polar surface area (TPSA) is 59.2 Å². The van der Waals surface area contributed by atoms with Crippen LogP contribution in [0.4, 0.5) is 0 Å². The van der Waals surface area contributed by atoms with Crippen LogP contribution in [-0.4, -0.2) is 33.9 Å². The second-order valence-corrected chi connectivity index (χ2v) is 5.68. The molecule has 128 valence electrons. The summed E-state index contributed by atoms with van der Waals surface area (Å²) in [6.45, 7) is 0.398. The lowest BCUT2D eigenvalue weighted by molar-refractivity contribution is 0.130. The Morgan fingerprint density at radius 1 is 1.04 bits per heavy atom. The van der Waals surface area contributed by atoms with Crippen LogP contribution >= 0.6 is 12.4 Å². The largest absolute Gasteiger partial charge is 0.389 e. The maximum atomic E-state index is 12.8. The lowest BCUT2D eigenvalue weighted by Crippen LogP contribution is -2.38. The molecule has 24 heavy (non-hydrogen) atoms. The second-order valence-electron chi connectivity index (χ2n) is 5.68. The third kappa shape index (κ3) is 3.11. The summed E-state index contributed by atoms with van der Waals surface area (Å²) in [4.78, 5) is 12.8. The minimum absolute atomic E-state index is 0. The van der Waals surface area contributed by atoms with Gasteiger partial charge in [0.2, 0.25) is 0 Å². The molecule has 3 rings (SSSR count). The van der Waals surface area contributed by atoms with Gasteiger partial charge in [-0.2, -0.15) is 0 Å². The van der Waals surface area contributed by atoms with Crippen molar-refractivity contribution in [1.82, 2.24) is 14.5 Å². The number of fused-ring (bicyclic) bond motifs is 1. The van der Waals surface area contributed by atoms with Gasteiger partial charge in [0.05, 0.1) is 23.2 Å². The Morgan fingerprint density at radius 2 is 1.62 bits per heavy atom. The first-order valence-electron chi connectivity index (χ1n) is 7.68. The summed E-state index contributed by atoms with van der Waals surface area (Å²) in [5, 5.41) is 13.7. The zero-order chi connectivity index (χ0) is 16.4. The van der Waals surface area contributed by atoms with E-state index in [-0.39, 0.29) is 18.1 Å². The van der Waals surface area contributed by atoms with Gasteiger partial charge in [-0.3, -0.25) is 9.13 Å². The maximum absolute atomic E-state index is 12.8. The Labute approximate surface area is 147 Å². The van der Waals surface area contributed by atoms with E-state index in [1.165, 1.54) is 0 Å². The number of nitrogens with zero attached hydrogens (tertiary/aromatic N) is 2. The number of hydrogen-bond donors (Lipinski definition) is 2. The predicted molar refractivity (Wildman–Crippen MR) is 98.9 cm³/mol. The number of para-hydroxylation sites is 2. The lowest BCUT2D eigenvalue weighted by atomic mass is 10.0. The first kappa shape index (κ1) is 18.3. The number of imidazole rings is 1. The van der Waals surface area contributed by atoms with Crippen LogP contribution in [0.1, 0.15) is 11.6 Å². The highest BCUT2D eigenvalue weighted by molar-refractivity contribution is 5.85. The van der Waals surface area contributed by atoms with Crippen molar-refractivity contribution < 1.29 is 5.11 Å². The van der Waals surface area contributed by atoms with Crippen LogP contribution in [0.25, 0.3) is 11.0 Å². The molecule has 1 heterocycles. The van der Waals surface area contributed by atoms with Gasteiger partial charge in [0.25, 0.3) is 0 Å². The normalized spacial score (nSPS) is 13.5. The summed E-state index contributed by atoms with van der Waals surface area (Å²) < 4.78 is 3.31. The second kappa shape index (κ2) is 7.66. The molecule has 0 saturated heterocycles. The first-order chi connectivity index (χ1) is 11.1. The van der Waals surface area contributed by atoms with Gasteiger partial charge in [-0.1, -0.05) is 42.5 Å². The highest BCUT2D eigenvalue weighted by Crippen LogP contribution is 2.25. The molecule has 0 aliphatic carbocycles. The summed E-state index contributed by atoms with van der Waals surface area (Å²) in [6.07, 6.45) is -0.717. The molecular formula is C18H22ClN3O2. The van der Waals surface area contributed by atoms with Crippen molar-refractivity contribution in [1.29, 1.82) is 0 Å². The predicted octanol–water partition coefficient (Wildman–Crippen LogP) is 1.93. The van der Waals surface area contributed by atoms with Crippen molar-refractivity contribution in [2.45, 2.75) is 12.1 Å². The maximum Gasteiger partial charge on any atom is 0.329 e. The fraction of sp³-hybridized carbons (Fsp3) is 0.278. The van der Waals surface area contributed by atoms with Gasteiger partial charge in [-0.25, -0.2) is 4.79 Å². The standard InChI is InChI=1S/C18H21N3O2.ClH/c1-19-12-16(22)17(13-8-4-3-5-9-13)21-15-11-7-6-10-14(15)20(2)18(21)23;/h3-11,16-17,19,22H,12H2,1-2H3;1H/t16-,17+;/m1./s1. The van der Waals surface area contributed by atoms with Crippen LogP contribution in [0.2, 0.25) is 0 Å². The fourth-order valence-corrected chi connectivity index (χ4v) is 3.10. The average Bonchev–Trinajstić information content (AvgIpc) is 2.82. The number of aliphatic hydroxyl groups is 1. The molecule has 2 aromatic carbocycles. The summed E-state index contributed by atoms with van der Waals surface area (Å²) in [6, 6.07) is 16.9. The van der Waals surface area contributed by atoms with E-state index in [0.29, 0.717) is 6.54 Å². The van der Waals surface area contributed by atoms with Crippen molar-refractivity contribution >= 4 is 23.4 Å². The molecule has 0 amide bonds. The van der Waals surface area contributed by atoms with Gasteiger partial charge in [-0.15, -0.1) is 12.4 Å². The summed E-state index contributed by atoms with van der Waals surface area (Å²) in [5.74, 6) is 0. The van der Waals surface area contributed by atoms with E-state index in [1.54, 1.807) is 23.2 Å². The number of halogens is 1. The Hall–Kier alpha value is -2.08. The van der Waals surface area contributed by atoms with Crippen LogP contribution in [-0.2, 0) is 7.05 Å². The minimum atomic E-state index is -0.717. The number of aromatic nitrogens is 2. The molecule has 0 radical (unpaired) electrons. The Bertz CT molecular complexity index is 858. The number of likely N-dealkylation sites (N-methyl/N-ethyl adjacent to an activating group) is 1. The van der Waals surface area contributed by atoms with Crippen molar-refractivity contribution in [3.8, 4) is 0 Å². The first-order valence-corrected chi connectivity index (χ1v) is 7.68. The van der Waals surface area contributed by atoms with Gasteiger partial charge >= 0.3 is 5.69 Å². The molecule has 0 unspecified atom stereocenters. The lowest BCUT2D eigenvalue weighted by Gasteiger charge is -2.24. The average molecular weight is 348 g/mol. The van der Waals surface area contributed by atoms with E-state index in [1.807, 2.05) is 54.6 Å². The van der Waals surface area contributed by atoms with Gasteiger partial charge in [-0.05, 0) is 24.7 Å². The van der Waals surface area contributed by atoms with Crippen molar-refractivity contribution in [2.75, 3.05) is 13.6 Å². The number of nitrogens with one attached hydrogen (secondary N) is 1. The van der Waals surface area contributed by atoms with Gasteiger partial charge in [0.1, 0.15) is 0 Å². The third-order valence-corrected chi connectivity index (χ3v) is 4.19. The van der Waals surface area contributed by atoms with Crippen LogP contribution in [0, 0.1) is 0 Å². The van der Waals surface area contributed by atoms with E-state index < -0.39 is 12.1 Å². The molecule has 6 heteroatoms. The molecular weight excluding hydrogens is 326 g/mol. The quantitative estimate of drug-likeness (QED) is 0.741. The SMILES string of the molecule is CNC[C@@H](O)[C@H](c1ccccc1)n1c(=O)n(C)c2ccccc21.Cl. The molecule has 0 fully saturated rings. The van der Waals surface area contributed by atoms with Crippen LogP contribution in [0.5, 0.6) is 0 Å². The molecule has 0 aliphatic rings. The zero-order valence-electron chi connectivity index (χ0n) is 13.7. The van der Waals surface area contributed by atoms with E-state index >= 15 is 0 Å². The molecule has 2 atom stereocenters. The van der Waals surface area contributed by atoms with Crippen molar-refractivity contribution in [2.24, 2.45) is 7.05 Å². The van der Waals surface area contributed by atoms with Gasteiger partial charge < -0.3 is 10.4 Å². The monoisotopic (exact) mass is 347 g/mol. The highest BCUT2D eigenvalue weighted by Gasteiger charge is 2.26. The Morgan fingerprint density at radius 3 is 2.25 bits per heavy atom. The Kier molecular flexibility index (Phi) is 5.83. The van der Waals surface area contributed by atoms with Crippen LogP contribution < -0.4 is 11.0 Å². The van der Waals surface area contributed by atoms with Crippen LogP contribution in [0.3, 0.4) is 0 Å². The molecule has 0 saturated carbocycles. The number of hydrogen-bond acceptors (Lipinski definition) is 3. The highest BCUT2D eigenvalue weighted by atomic mass is 35.5. The smallest absolute Gasteiger partial charge is 0.329 e. The number of aliphatic hydroxyl groups excluding tert-OH is 1. The molecule has 1 aromatic heterocycles. The number of aryl methyl sites for hydroxylation is 1. The number of benzene rings is 2. The zero-order valence-corrected chi connectivity index (χ0v) is 14.5. The van der Waals surface area contributed by atoms with E-state index in [4.69, 9.17) is 0 Å². The molecule has 2 N–H and O–H groups in total. The molecule has 0 aliphatic heterocycles. The third-order valence-electron chi connectivity index (χ3n) is 4.19. The summed E-state index contributed by atoms with van der Waals surface area (Å²) in [7, 11) is 3.55. The van der Waals surface area contributed by atoms with Crippen molar-refractivity contribution in [3.05, 3.63) is 70.6 Å². The van der Waals surface area contributed by atoms with Gasteiger partial charge in [0, 0.05) is 13.6 Å². The summed E-state index contributed by atoms with van der Waals surface area (Å²) >= 11 is 0. The molecule has 3 aromatic rings. The van der Waals surface area contributed by atoms with Gasteiger partial charge in [0.15, 0.2) is 0 Å². The molecule has 5 nitrogen and oxygen atoms in total. The molecule has 0 bridgehead atoms. The summed E-state index contributed by atoms with van der Waals surface area (Å²) in [5.41, 5.74) is 2.46. The fourth-order valence-electron chi connectivity index (χ4n) is 3.10. The van der Waals surface area contributed by atoms with Crippen molar-refractivity contribution in [3.63, 3.8) is 0 Å². The minimum Gasteiger partial charge on any atom is -0.389 e.